The highest BCUT2D eigenvalue weighted by Crippen LogP contribution is 2.51. The summed E-state index contributed by atoms with van der Waals surface area (Å²) in [6.07, 6.45) is 0. The summed E-state index contributed by atoms with van der Waals surface area (Å²) in [7, 11) is 0. The molecular weight excluding hydrogens is 799 g/mol. The second-order valence-electron chi connectivity index (χ2n) is 16.3. The van der Waals surface area contributed by atoms with Crippen LogP contribution in [0.1, 0.15) is 0 Å². The molecule has 13 aromatic rings. The Labute approximate surface area is 373 Å². The normalized spacial score (nSPS) is 11.8. The van der Waals surface area contributed by atoms with Crippen molar-refractivity contribution in [1.82, 2.24) is 0 Å². The third-order valence-corrected chi connectivity index (χ3v) is 13.8. The van der Waals surface area contributed by atoms with Crippen molar-refractivity contribution < 1.29 is 8.83 Å². The van der Waals surface area contributed by atoms with Gasteiger partial charge in [0.1, 0.15) is 22.3 Å². The first-order chi connectivity index (χ1) is 31.8. The molecule has 0 fully saturated rings. The van der Waals surface area contributed by atoms with Gasteiger partial charge >= 0.3 is 0 Å². The number of para-hydroxylation sites is 3. The standard InChI is InChI=1S/C60H37NO2S/c1-3-16-38(17-4-1)42-20-7-11-24-48(42)61(49-25-15-29-55-58(49)47-23-10-14-28-54(47)64-55)41-32-30-40(31-33-41)57-44(35-37-53-60(57)46-22-9-13-27-51(46)63-53)43-34-36-52-59(45-21-8-12-26-50(45)62-52)56(43)39-18-5-2-6-19-39/h1-37H. The van der Waals surface area contributed by atoms with Gasteiger partial charge in [0.2, 0.25) is 0 Å². The SMILES string of the molecule is c1ccc(-c2ccccc2N(c2ccc(-c3c(-c4ccc5oc6ccccc6c5c4-c4ccccc4)ccc4oc5ccccc5c34)cc2)c2cccc3sc4ccccc4c23)cc1. The maximum atomic E-state index is 6.61. The van der Waals surface area contributed by atoms with Crippen LogP contribution < -0.4 is 4.90 Å². The topological polar surface area (TPSA) is 29.5 Å². The molecular formula is C60H37NO2S. The predicted octanol–water partition coefficient (Wildman–Crippen LogP) is 18.0. The van der Waals surface area contributed by atoms with Gasteiger partial charge in [-0.25, -0.2) is 0 Å². The van der Waals surface area contributed by atoms with E-state index in [0.717, 1.165) is 99.9 Å². The third-order valence-electron chi connectivity index (χ3n) is 12.7. The highest BCUT2D eigenvalue weighted by atomic mass is 32.1. The van der Waals surface area contributed by atoms with E-state index < -0.39 is 0 Å². The molecule has 0 saturated carbocycles. The molecule has 0 radical (unpaired) electrons. The lowest BCUT2D eigenvalue weighted by molar-refractivity contribution is 0.668. The van der Waals surface area contributed by atoms with Crippen molar-refractivity contribution in [1.29, 1.82) is 0 Å². The van der Waals surface area contributed by atoms with Gasteiger partial charge in [0.15, 0.2) is 0 Å². The molecule has 0 aliphatic rings. The summed E-state index contributed by atoms with van der Waals surface area (Å²) in [5.41, 5.74) is 15.9. The highest BCUT2D eigenvalue weighted by Gasteiger charge is 2.25. The Bertz CT molecular complexity index is 3900. The monoisotopic (exact) mass is 835 g/mol. The Morgan fingerprint density at radius 1 is 0.297 bits per heavy atom. The molecule has 3 heterocycles. The Morgan fingerprint density at radius 3 is 1.45 bits per heavy atom. The summed E-state index contributed by atoms with van der Waals surface area (Å²) >= 11 is 1.85. The summed E-state index contributed by atoms with van der Waals surface area (Å²) in [5, 5.41) is 6.91. The van der Waals surface area contributed by atoms with Crippen molar-refractivity contribution in [2.45, 2.75) is 0 Å². The molecule has 0 amide bonds. The van der Waals surface area contributed by atoms with Gasteiger partial charge < -0.3 is 13.7 Å². The van der Waals surface area contributed by atoms with Crippen molar-refractivity contribution in [2.75, 3.05) is 4.90 Å². The quantitative estimate of drug-likeness (QED) is 0.160. The predicted molar refractivity (Wildman–Crippen MR) is 270 cm³/mol. The minimum absolute atomic E-state index is 0.856. The van der Waals surface area contributed by atoms with Crippen molar-refractivity contribution in [2.24, 2.45) is 0 Å². The fraction of sp³-hybridized carbons (Fsp3) is 0. The van der Waals surface area contributed by atoms with Gasteiger partial charge in [-0.1, -0.05) is 152 Å². The molecule has 0 spiro atoms. The van der Waals surface area contributed by atoms with Gasteiger partial charge in [0.25, 0.3) is 0 Å². The van der Waals surface area contributed by atoms with Crippen molar-refractivity contribution in [3.8, 4) is 44.5 Å². The van der Waals surface area contributed by atoms with Crippen molar-refractivity contribution in [3.05, 3.63) is 224 Å². The zero-order valence-corrected chi connectivity index (χ0v) is 35.4. The molecule has 0 N–H and O–H groups in total. The Hall–Kier alpha value is -8.18. The van der Waals surface area contributed by atoms with E-state index in [1.54, 1.807) is 0 Å². The maximum absolute atomic E-state index is 6.61. The second-order valence-corrected chi connectivity index (χ2v) is 17.4. The van der Waals surface area contributed by atoms with Crippen LogP contribution in [-0.2, 0) is 0 Å². The molecule has 10 aromatic carbocycles. The lowest BCUT2D eigenvalue weighted by Gasteiger charge is -2.29. The highest BCUT2D eigenvalue weighted by molar-refractivity contribution is 7.26. The smallest absolute Gasteiger partial charge is 0.136 e. The molecule has 0 unspecified atom stereocenters. The maximum Gasteiger partial charge on any atom is 0.136 e. The fourth-order valence-electron chi connectivity index (χ4n) is 9.94. The number of furan rings is 2. The van der Waals surface area contributed by atoms with Crippen LogP contribution in [0.5, 0.6) is 0 Å². The Balaban J connectivity index is 1.07. The first-order valence-electron chi connectivity index (χ1n) is 21.7. The van der Waals surface area contributed by atoms with Crippen molar-refractivity contribution in [3.63, 3.8) is 0 Å². The fourth-order valence-corrected chi connectivity index (χ4v) is 11.1. The van der Waals surface area contributed by atoms with Gasteiger partial charge in [0.05, 0.1) is 11.4 Å². The molecule has 0 bridgehead atoms. The molecule has 300 valence electrons. The molecule has 0 aliphatic carbocycles. The van der Waals surface area contributed by atoms with E-state index in [0.29, 0.717) is 0 Å². The zero-order valence-electron chi connectivity index (χ0n) is 34.5. The Kier molecular flexibility index (Phi) is 8.40. The lowest BCUT2D eigenvalue weighted by atomic mass is 9.85. The molecule has 13 rings (SSSR count). The summed E-state index contributed by atoms with van der Waals surface area (Å²) in [4.78, 5) is 2.45. The van der Waals surface area contributed by atoms with Crippen LogP contribution in [0.25, 0.3) is 109 Å². The first-order valence-corrected chi connectivity index (χ1v) is 22.5. The van der Waals surface area contributed by atoms with E-state index >= 15 is 0 Å². The number of anilines is 3. The van der Waals surface area contributed by atoms with E-state index in [2.05, 4.69) is 217 Å². The number of benzene rings is 10. The van der Waals surface area contributed by atoms with Crippen LogP contribution in [-0.4, -0.2) is 0 Å². The molecule has 3 aromatic heterocycles. The Morgan fingerprint density at radius 2 is 0.797 bits per heavy atom. The van der Waals surface area contributed by atoms with Gasteiger partial charge in [-0.15, -0.1) is 11.3 Å². The van der Waals surface area contributed by atoms with Gasteiger partial charge in [-0.3, -0.25) is 0 Å². The van der Waals surface area contributed by atoms with Crippen LogP contribution in [0, 0.1) is 0 Å². The number of fused-ring (bicyclic) bond motifs is 9. The minimum Gasteiger partial charge on any atom is -0.456 e. The van der Waals surface area contributed by atoms with Crippen LogP contribution >= 0.6 is 11.3 Å². The molecule has 0 atom stereocenters. The largest absolute Gasteiger partial charge is 0.456 e. The van der Waals surface area contributed by atoms with Crippen LogP contribution in [0.2, 0.25) is 0 Å². The first kappa shape index (κ1) is 36.5. The van der Waals surface area contributed by atoms with E-state index in [1.165, 1.54) is 25.7 Å². The van der Waals surface area contributed by atoms with E-state index in [4.69, 9.17) is 8.83 Å². The number of nitrogens with zero attached hydrogens (tertiary/aromatic N) is 1. The van der Waals surface area contributed by atoms with Gasteiger partial charge in [-0.05, 0) is 101 Å². The molecule has 0 saturated heterocycles. The average Bonchev–Trinajstić information content (AvgIpc) is 4.06. The van der Waals surface area contributed by atoms with Crippen LogP contribution in [0.3, 0.4) is 0 Å². The second kappa shape index (κ2) is 14.7. The summed E-state index contributed by atoms with van der Waals surface area (Å²) in [6.45, 7) is 0. The van der Waals surface area contributed by atoms with Gasteiger partial charge in [-0.2, -0.15) is 0 Å². The molecule has 4 heteroatoms. The van der Waals surface area contributed by atoms with Crippen LogP contribution in [0.15, 0.2) is 233 Å². The average molecular weight is 836 g/mol. The zero-order chi connectivity index (χ0) is 42.1. The number of rotatable bonds is 7. The van der Waals surface area contributed by atoms with E-state index in [1.807, 2.05) is 23.5 Å². The van der Waals surface area contributed by atoms with Gasteiger partial charge in [0, 0.05) is 64.1 Å². The van der Waals surface area contributed by atoms with Crippen molar-refractivity contribution >= 4 is 92.4 Å². The minimum atomic E-state index is 0.856. The third kappa shape index (κ3) is 5.73. The number of hydrogen-bond donors (Lipinski definition) is 0. The molecule has 64 heavy (non-hydrogen) atoms. The van der Waals surface area contributed by atoms with E-state index in [9.17, 15) is 0 Å². The van der Waals surface area contributed by atoms with Crippen LogP contribution in [0.4, 0.5) is 17.1 Å². The summed E-state index contributed by atoms with van der Waals surface area (Å²) in [5.74, 6) is 0. The molecule has 3 nitrogen and oxygen atoms in total. The number of thiophene rings is 1. The lowest BCUT2D eigenvalue weighted by Crippen LogP contribution is -2.11. The molecule has 0 aliphatic heterocycles. The number of hydrogen-bond acceptors (Lipinski definition) is 4. The summed E-state index contributed by atoms with van der Waals surface area (Å²) < 4.78 is 15.7. The summed E-state index contributed by atoms with van der Waals surface area (Å²) in [6, 6.07) is 80.4. The van der Waals surface area contributed by atoms with E-state index in [-0.39, 0.29) is 0 Å².